The fourth-order valence-corrected chi connectivity index (χ4v) is 1.13. The number of hydrogen-bond acceptors (Lipinski definition) is 2. The van der Waals surface area contributed by atoms with Crippen LogP contribution in [0.5, 0.6) is 0 Å². The molecule has 0 aromatic heterocycles. The summed E-state index contributed by atoms with van der Waals surface area (Å²) >= 11 is 0. The second-order valence-corrected chi connectivity index (χ2v) is 3.81. The summed E-state index contributed by atoms with van der Waals surface area (Å²) in [4.78, 5) is 13.1. The Morgan fingerprint density at radius 1 is 1.57 bits per heavy atom. The third-order valence-electron chi connectivity index (χ3n) is 2.14. The monoisotopic (exact) mass is 201 g/mol. The molecule has 0 aromatic carbocycles. The Balaban J connectivity index is 3.64. The number of carbonyl (C=O) groups excluding carboxylic acids is 1. The summed E-state index contributed by atoms with van der Waals surface area (Å²) < 4.78 is 0. The van der Waals surface area contributed by atoms with Crippen molar-refractivity contribution in [2.45, 2.75) is 26.7 Å². The summed E-state index contributed by atoms with van der Waals surface area (Å²) in [6.07, 6.45) is 2.13. The minimum atomic E-state index is -0.00116. The van der Waals surface area contributed by atoms with Crippen LogP contribution in [0.3, 0.4) is 0 Å². The zero-order valence-electron chi connectivity index (χ0n) is 9.55. The molecule has 0 saturated heterocycles. The summed E-state index contributed by atoms with van der Waals surface area (Å²) in [6, 6.07) is -0.00116. The lowest BCUT2D eigenvalue weighted by atomic mass is 10.2. The van der Waals surface area contributed by atoms with E-state index in [0.29, 0.717) is 19.0 Å². The van der Waals surface area contributed by atoms with Crippen molar-refractivity contribution in [3.63, 3.8) is 0 Å². The van der Waals surface area contributed by atoms with Gasteiger partial charge in [0.25, 0.3) is 0 Å². The summed E-state index contributed by atoms with van der Waals surface area (Å²) in [5.74, 6) is 0.358. The summed E-state index contributed by atoms with van der Waals surface area (Å²) in [6.45, 7) is 6.24. The SMILES string of the molecule is CCCCNC(=O)N(C)CC(C)CN. The van der Waals surface area contributed by atoms with Crippen molar-refractivity contribution in [1.29, 1.82) is 0 Å². The van der Waals surface area contributed by atoms with Crippen LogP contribution in [-0.4, -0.2) is 37.6 Å². The number of carbonyl (C=O) groups is 1. The van der Waals surface area contributed by atoms with Gasteiger partial charge in [-0.25, -0.2) is 4.79 Å². The third-order valence-corrected chi connectivity index (χ3v) is 2.14. The number of urea groups is 1. The molecule has 4 nitrogen and oxygen atoms in total. The quantitative estimate of drug-likeness (QED) is 0.630. The Hall–Kier alpha value is -0.770. The van der Waals surface area contributed by atoms with Crippen LogP contribution in [0.4, 0.5) is 4.79 Å². The van der Waals surface area contributed by atoms with Crippen molar-refractivity contribution in [3.8, 4) is 0 Å². The van der Waals surface area contributed by atoms with Gasteiger partial charge in [0.05, 0.1) is 0 Å². The van der Waals surface area contributed by atoms with E-state index in [0.717, 1.165) is 19.4 Å². The zero-order valence-corrected chi connectivity index (χ0v) is 9.55. The fraction of sp³-hybridized carbons (Fsp3) is 0.900. The van der Waals surface area contributed by atoms with Crippen molar-refractivity contribution >= 4 is 6.03 Å². The lowest BCUT2D eigenvalue weighted by Crippen LogP contribution is -2.40. The average Bonchev–Trinajstić information content (AvgIpc) is 2.17. The molecule has 0 rings (SSSR count). The lowest BCUT2D eigenvalue weighted by molar-refractivity contribution is 0.202. The number of rotatable bonds is 6. The maximum Gasteiger partial charge on any atom is 0.317 e. The van der Waals surface area contributed by atoms with Gasteiger partial charge in [-0.1, -0.05) is 20.3 Å². The molecule has 0 aromatic rings. The van der Waals surface area contributed by atoms with Crippen molar-refractivity contribution in [3.05, 3.63) is 0 Å². The molecule has 0 bridgehead atoms. The van der Waals surface area contributed by atoms with E-state index < -0.39 is 0 Å². The number of hydrogen-bond donors (Lipinski definition) is 2. The standard InChI is InChI=1S/C10H23N3O/c1-4-5-6-12-10(14)13(3)8-9(2)7-11/h9H,4-8,11H2,1-3H3,(H,12,14). The Kier molecular flexibility index (Phi) is 7.20. The summed E-state index contributed by atoms with van der Waals surface area (Å²) in [5.41, 5.74) is 5.48. The molecule has 1 atom stereocenters. The molecule has 14 heavy (non-hydrogen) atoms. The Bertz CT molecular complexity index is 161. The molecular formula is C10H23N3O. The zero-order chi connectivity index (χ0) is 11.0. The number of nitrogens with zero attached hydrogens (tertiary/aromatic N) is 1. The first-order chi connectivity index (χ1) is 6.61. The molecule has 2 amide bonds. The number of unbranched alkanes of at least 4 members (excludes halogenated alkanes) is 1. The molecule has 1 unspecified atom stereocenters. The van der Waals surface area contributed by atoms with Gasteiger partial charge >= 0.3 is 6.03 Å². The highest BCUT2D eigenvalue weighted by molar-refractivity contribution is 5.73. The molecule has 0 aliphatic heterocycles. The first kappa shape index (κ1) is 13.2. The molecule has 0 spiro atoms. The van der Waals surface area contributed by atoms with Crippen LogP contribution in [0.15, 0.2) is 0 Å². The van der Waals surface area contributed by atoms with E-state index in [1.54, 1.807) is 11.9 Å². The highest BCUT2D eigenvalue weighted by atomic mass is 16.2. The first-order valence-electron chi connectivity index (χ1n) is 5.30. The maximum absolute atomic E-state index is 11.4. The predicted octanol–water partition coefficient (Wildman–Crippen LogP) is 1.02. The Labute approximate surface area is 86.8 Å². The van der Waals surface area contributed by atoms with Gasteiger partial charge in [-0.3, -0.25) is 0 Å². The van der Waals surface area contributed by atoms with Gasteiger partial charge in [0.1, 0.15) is 0 Å². The van der Waals surface area contributed by atoms with Gasteiger partial charge in [0, 0.05) is 20.1 Å². The van der Waals surface area contributed by atoms with E-state index in [1.165, 1.54) is 0 Å². The van der Waals surface area contributed by atoms with Gasteiger partial charge in [0.2, 0.25) is 0 Å². The van der Waals surface area contributed by atoms with Crippen molar-refractivity contribution in [1.82, 2.24) is 10.2 Å². The van der Waals surface area contributed by atoms with E-state index in [2.05, 4.69) is 12.2 Å². The van der Waals surface area contributed by atoms with Crippen LogP contribution in [0.25, 0.3) is 0 Å². The minimum Gasteiger partial charge on any atom is -0.338 e. The summed E-state index contributed by atoms with van der Waals surface area (Å²) in [5, 5.41) is 2.86. The van der Waals surface area contributed by atoms with Gasteiger partial charge in [-0.2, -0.15) is 0 Å². The van der Waals surface area contributed by atoms with Crippen molar-refractivity contribution in [2.75, 3.05) is 26.7 Å². The van der Waals surface area contributed by atoms with E-state index in [4.69, 9.17) is 5.73 Å². The van der Waals surface area contributed by atoms with Crippen LogP contribution >= 0.6 is 0 Å². The molecule has 4 heteroatoms. The maximum atomic E-state index is 11.4. The average molecular weight is 201 g/mol. The van der Waals surface area contributed by atoms with Crippen LogP contribution < -0.4 is 11.1 Å². The van der Waals surface area contributed by atoms with E-state index in [9.17, 15) is 4.79 Å². The Morgan fingerprint density at radius 3 is 2.71 bits per heavy atom. The van der Waals surface area contributed by atoms with Crippen LogP contribution in [0.1, 0.15) is 26.7 Å². The normalized spacial score (nSPS) is 12.3. The van der Waals surface area contributed by atoms with Crippen LogP contribution in [0.2, 0.25) is 0 Å². The van der Waals surface area contributed by atoms with Crippen molar-refractivity contribution in [2.24, 2.45) is 11.7 Å². The first-order valence-corrected chi connectivity index (χ1v) is 5.30. The minimum absolute atomic E-state index is 0.00116. The highest BCUT2D eigenvalue weighted by Gasteiger charge is 2.10. The number of nitrogens with one attached hydrogen (secondary N) is 1. The molecule has 0 heterocycles. The fourth-order valence-electron chi connectivity index (χ4n) is 1.13. The van der Waals surface area contributed by atoms with Crippen LogP contribution in [-0.2, 0) is 0 Å². The topological polar surface area (TPSA) is 58.4 Å². The smallest absolute Gasteiger partial charge is 0.317 e. The summed E-state index contributed by atoms with van der Waals surface area (Å²) in [7, 11) is 1.80. The molecular weight excluding hydrogens is 178 g/mol. The molecule has 0 fully saturated rings. The van der Waals surface area contributed by atoms with E-state index >= 15 is 0 Å². The van der Waals surface area contributed by atoms with Crippen molar-refractivity contribution < 1.29 is 4.79 Å². The second kappa shape index (κ2) is 7.62. The highest BCUT2D eigenvalue weighted by Crippen LogP contribution is 1.95. The molecule has 0 aliphatic rings. The lowest BCUT2D eigenvalue weighted by Gasteiger charge is -2.21. The number of amides is 2. The second-order valence-electron chi connectivity index (χ2n) is 3.81. The Morgan fingerprint density at radius 2 is 2.21 bits per heavy atom. The van der Waals surface area contributed by atoms with Gasteiger partial charge < -0.3 is 16.0 Å². The van der Waals surface area contributed by atoms with Gasteiger partial charge in [0.15, 0.2) is 0 Å². The largest absolute Gasteiger partial charge is 0.338 e. The van der Waals surface area contributed by atoms with Crippen LogP contribution in [0, 0.1) is 5.92 Å². The third kappa shape index (κ3) is 5.80. The molecule has 3 N–H and O–H groups in total. The number of nitrogens with two attached hydrogens (primary N) is 1. The van der Waals surface area contributed by atoms with Gasteiger partial charge in [-0.05, 0) is 18.9 Å². The van der Waals surface area contributed by atoms with E-state index in [1.807, 2.05) is 6.92 Å². The molecule has 0 saturated carbocycles. The van der Waals surface area contributed by atoms with Gasteiger partial charge in [-0.15, -0.1) is 0 Å². The molecule has 0 radical (unpaired) electrons. The molecule has 84 valence electrons. The van der Waals surface area contributed by atoms with E-state index in [-0.39, 0.29) is 6.03 Å². The molecule has 0 aliphatic carbocycles. The predicted molar refractivity (Wildman–Crippen MR) is 59.2 cm³/mol.